The summed E-state index contributed by atoms with van der Waals surface area (Å²) in [5, 5.41) is 0. The van der Waals surface area contributed by atoms with Crippen LogP contribution in [0.25, 0.3) is 0 Å². The molecule has 1 aliphatic rings. The summed E-state index contributed by atoms with van der Waals surface area (Å²) >= 11 is 0. The minimum Gasteiger partial charge on any atom is -0.377 e. The Hall–Kier alpha value is -1.35. The zero-order valence-electron chi connectivity index (χ0n) is 13.1. The quantitative estimate of drug-likeness (QED) is 0.717. The third-order valence-electron chi connectivity index (χ3n) is 4.21. The first-order valence-corrected chi connectivity index (χ1v) is 8.19. The highest BCUT2D eigenvalue weighted by atomic mass is 16.5. The molecule has 2 rings (SSSR count). The van der Waals surface area contributed by atoms with Crippen LogP contribution in [-0.2, 0) is 16.1 Å². The van der Waals surface area contributed by atoms with Crippen molar-refractivity contribution in [3.63, 3.8) is 0 Å². The Morgan fingerprint density at radius 1 is 1.24 bits per heavy atom. The van der Waals surface area contributed by atoms with Crippen LogP contribution in [-0.4, -0.2) is 30.5 Å². The third kappa shape index (κ3) is 5.50. The summed E-state index contributed by atoms with van der Waals surface area (Å²) in [6.45, 7) is 5.45. The van der Waals surface area contributed by atoms with Gasteiger partial charge in [-0.2, -0.15) is 0 Å². The Morgan fingerprint density at radius 3 is 2.62 bits per heavy atom. The van der Waals surface area contributed by atoms with E-state index >= 15 is 0 Å². The molecule has 3 nitrogen and oxygen atoms in total. The lowest BCUT2D eigenvalue weighted by atomic mass is 9.94. The van der Waals surface area contributed by atoms with Crippen LogP contribution in [0.4, 0.5) is 0 Å². The minimum atomic E-state index is 0.330. The van der Waals surface area contributed by atoms with E-state index in [1.165, 1.54) is 5.56 Å². The number of piperidine rings is 1. The fourth-order valence-corrected chi connectivity index (χ4v) is 2.86. The predicted octanol–water partition coefficient (Wildman–Crippen LogP) is 3.63. The lowest BCUT2D eigenvalue weighted by molar-refractivity contribution is -0.132. The van der Waals surface area contributed by atoms with Gasteiger partial charge in [0.1, 0.15) is 0 Å². The zero-order valence-corrected chi connectivity index (χ0v) is 13.1. The Morgan fingerprint density at radius 2 is 1.95 bits per heavy atom. The van der Waals surface area contributed by atoms with Crippen molar-refractivity contribution in [2.24, 2.45) is 5.92 Å². The molecule has 0 N–H and O–H groups in total. The van der Waals surface area contributed by atoms with Crippen LogP contribution in [0.1, 0.15) is 44.6 Å². The number of amides is 1. The van der Waals surface area contributed by atoms with Crippen molar-refractivity contribution < 1.29 is 9.53 Å². The third-order valence-corrected chi connectivity index (χ3v) is 4.21. The van der Waals surface area contributed by atoms with Crippen molar-refractivity contribution in [2.45, 2.75) is 45.6 Å². The summed E-state index contributed by atoms with van der Waals surface area (Å²) in [4.78, 5) is 13.9. The maximum absolute atomic E-state index is 11.8. The normalized spacial score (nSPS) is 16.1. The summed E-state index contributed by atoms with van der Waals surface area (Å²) in [5.74, 6) is 1.04. The molecule has 0 radical (unpaired) electrons. The molecule has 0 aliphatic carbocycles. The molecule has 0 atom stereocenters. The fraction of sp³-hybridized carbons (Fsp3) is 0.611. The summed E-state index contributed by atoms with van der Waals surface area (Å²) < 4.78 is 5.75. The van der Waals surface area contributed by atoms with Gasteiger partial charge in [0.15, 0.2) is 0 Å². The van der Waals surface area contributed by atoms with Crippen LogP contribution in [0, 0.1) is 5.92 Å². The molecule has 0 bridgehead atoms. The van der Waals surface area contributed by atoms with Gasteiger partial charge in [0.25, 0.3) is 0 Å². The molecular formula is C18H27NO2. The van der Waals surface area contributed by atoms with Crippen LogP contribution < -0.4 is 0 Å². The highest BCUT2D eigenvalue weighted by Gasteiger charge is 2.21. The first-order valence-electron chi connectivity index (χ1n) is 8.19. The average molecular weight is 289 g/mol. The van der Waals surface area contributed by atoms with Crippen LogP contribution in [0.2, 0.25) is 0 Å². The van der Waals surface area contributed by atoms with E-state index in [0.717, 1.165) is 45.4 Å². The van der Waals surface area contributed by atoms with Crippen molar-refractivity contribution >= 4 is 5.91 Å². The maximum Gasteiger partial charge on any atom is 0.222 e. The van der Waals surface area contributed by atoms with E-state index < -0.39 is 0 Å². The van der Waals surface area contributed by atoms with E-state index in [4.69, 9.17) is 4.74 Å². The Labute approximate surface area is 128 Å². The van der Waals surface area contributed by atoms with Crippen LogP contribution in [0.5, 0.6) is 0 Å². The molecule has 0 unspecified atom stereocenters. The molecule has 1 fully saturated rings. The van der Waals surface area contributed by atoms with Gasteiger partial charge in [0.05, 0.1) is 6.61 Å². The van der Waals surface area contributed by atoms with Crippen LogP contribution >= 0.6 is 0 Å². The number of benzene rings is 1. The van der Waals surface area contributed by atoms with Crippen LogP contribution in [0.15, 0.2) is 30.3 Å². The first kappa shape index (κ1) is 16.0. The summed E-state index contributed by atoms with van der Waals surface area (Å²) in [7, 11) is 0. The number of nitrogens with zero attached hydrogens (tertiary/aromatic N) is 1. The summed E-state index contributed by atoms with van der Waals surface area (Å²) in [6.07, 6.45) is 5.02. The van der Waals surface area contributed by atoms with Gasteiger partial charge in [-0.1, -0.05) is 37.3 Å². The SMILES string of the molecule is CCCC(=O)N1CCC(CCOCc2ccccc2)CC1. The molecule has 1 aromatic carbocycles. The molecule has 21 heavy (non-hydrogen) atoms. The van der Waals surface area contributed by atoms with Gasteiger partial charge in [-0.3, -0.25) is 4.79 Å². The van der Waals surface area contributed by atoms with Gasteiger partial charge in [-0.05, 0) is 37.2 Å². The van der Waals surface area contributed by atoms with Gasteiger partial charge in [0, 0.05) is 26.1 Å². The highest BCUT2D eigenvalue weighted by Crippen LogP contribution is 2.21. The molecule has 0 aromatic heterocycles. The molecule has 1 aliphatic heterocycles. The largest absolute Gasteiger partial charge is 0.377 e. The van der Waals surface area contributed by atoms with Crippen molar-refractivity contribution in [3.05, 3.63) is 35.9 Å². The second-order valence-electron chi connectivity index (χ2n) is 5.90. The predicted molar refractivity (Wildman–Crippen MR) is 84.9 cm³/mol. The lowest BCUT2D eigenvalue weighted by Crippen LogP contribution is -2.38. The molecule has 3 heteroatoms. The fourth-order valence-electron chi connectivity index (χ4n) is 2.86. The van der Waals surface area contributed by atoms with Crippen LogP contribution in [0.3, 0.4) is 0 Å². The van der Waals surface area contributed by atoms with E-state index in [0.29, 0.717) is 24.9 Å². The Bertz CT molecular complexity index is 410. The number of carbonyl (C=O) groups excluding carboxylic acids is 1. The van der Waals surface area contributed by atoms with Gasteiger partial charge in [-0.25, -0.2) is 0 Å². The number of rotatable bonds is 7. The van der Waals surface area contributed by atoms with E-state index in [1.54, 1.807) is 0 Å². The van der Waals surface area contributed by atoms with E-state index in [2.05, 4.69) is 19.1 Å². The van der Waals surface area contributed by atoms with Crippen molar-refractivity contribution in [3.8, 4) is 0 Å². The smallest absolute Gasteiger partial charge is 0.222 e. The van der Waals surface area contributed by atoms with Gasteiger partial charge in [-0.15, -0.1) is 0 Å². The topological polar surface area (TPSA) is 29.5 Å². The highest BCUT2D eigenvalue weighted by molar-refractivity contribution is 5.76. The molecule has 1 amide bonds. The minimum absolute atomic E-state index is 0.330. The number of hydrogen-bond donors (Lipinski definition) is 0. The molecule has 0 spiro atoms. The number of ether oxygens (including phenoxy) is 1. The molecular weight excluding hydrogens is 262 g/mol. The van der Waals surface area contributed by atoms with Crippen molar-refractivity contribution in [2.75, 3.05) is 19.7 Å². The van der Waals surface area contributed by atoms with E-state index in [9.17, 15) is 4.79 Å². The van der Waals surface area contributed by atoms with Crippen molar-refractivity contribution in [1.82, 2.24) is 4.90 Å². The second kappa shape index (κ2) is 8.83. The molecule has 1 heterocycles. The number of hydrogen-bond acceptors (Lipinski definition) is 2. The Kier molecular flexibility index (Phi) is 6.74. The standard InChI is InChI=1S/C18H27NO2/c1-2-6-18(20)19-12-9-16(10-13-19)11-14-21-15-17-7-4-3-5-8-17/h3-5,7-8,16H,2,6,9-15H2,1H3. The van der Waals surface area contributed by atoms with E-state index in [1.807, 2.05) is 23.1 Å². The molecule has 0 saturated carbocycles. The number of likely N-dealkylation sites (tertiary alicyclic amines) is 1. The monoisotopic (exact) mass is 289 g/mol. The Balaban J connectivity index is 1.58. The summed E-state index contributed by atoms with van der Waals surface area (Å²) in [5.41, 5.74) is 1.23. The van der Waals surface area contributed by atoms with Gasteiger partial charge in [0.2, 0.25) is 5.91 Å². The van der Waals surface area contributed by atoms with Gasteiger partial charge >= 0.3 is 0 Å². The number of carbonyl (C=O) groups is 1. The van der Waals surface area contributed by atoms with E-state index in [-0.39, 0.29) is 0 Å². The molecule has 1 saturated heterocycles. The molecule has 1 aromatic rings. The second-order valence-corrected chi connectivity index (χ2v) is 5.90. The zero-order chi connectivity index (χ0) is 14.9. The first-order chi connectivity index (χ1) is 10.3. The average Bonchev–Trinajstić information content (AvgIpc) is 2.53. The molecule has 116 valence electrons. The summed E-state index contributed by atoms with van der Waals surface area (Å²) in [6, 6.07) is 10.3. The maximum atomic E-state index is 11.8. The lowest BCUT2D eigenvalue weighted by Gasteiger charge is -2.32. The van der Waals surface area contributed by atoms with Gasteiger partial charge < -0.3 is 9.64 Å². The van der Waals surface area contributed by atoms with Crippen molar-refractivity contribution in [1.29, 1.82) is 0 Å².